The van der Waals surface area contributed by atoms with Crippen molar-refractivity contribution in [3.8, 4) is 0 Å². The van der Waals surface area contributed by atoms with Crippen molar-refractivity contribution in [3.63, 3.8) is 0 Å². The van der Waals surface area contributed by atoms with Gasteiger partial charge in [-0.2, -0.15) is 0 Å². The van der Waals surface area contributed by atoms with Crippen LogP contribution in [0.25, 0.3) is 0 Å². The zero-order valence-corrected chi connectivity index (χ0v) is 15.2. The van der Waals surface area contributed by atoms with Gasteiger partial charge in [-0.25, -0.2) is 0 Å². The second-order valence-electron chi connectivity index (χ2n) is 7.45. The minimum absolute atomic E-state index is 0.000278. The minimum Gasteiger partial charge on any atom is -0.414 e. The number of carbonyl (C=O) groups excluding carboxylic acids is 1. The largest absolute Gasteiger partial charge is 0.414 e. The third-order valence-corrected chi connectivity index (χ3v) is 8.93. The minimum atomic E-state index is -1.83. The highest BCUT2D eigenvalue weighted by molar-refractivity contribution is 6.74. The van der Waals surface area contributed by atoms with Crippen LogP contribution in [0.2, 0.25) is 18.1 Å². The molecule has 0 unspecified atom stereocenters. The summed E-state index contributed by atoms with van der Waals surface area (Å²) in [6.07, 6.45) is -1.71. The molecule has 5 heteroatoms. The second-order valence-corrected chi connectivity index (χ2v) is 12.2. The van der Waals surface area contributed by atoms with Crippen LogP contribution in [0.1, 0.15) is 48.0 Å². The van der Waals surface area contributed by atoms with Gasteiger partial charge >= 0.3 is 0 Å². The fourth-order valence-electron chi connectivity index (χ4n) is 1.94. The first-order valence-corrected chi connectivity index (χ1v) is 10.2. The first kappa shape index (κ1) is 19.8. The van der Waals surface area contributed by atoms with Gasteiger partial charge in [0.1, 0.15) is 6.10 Å². The second kappa shape index (κ2) is 7.16. The van der Waals surface area contributed by atoms with E-state index >= 15 is 0 Å². The SMILES string of the molecule is CC(=O)[C@H](O)[C@@H](O)[C@H](C)C[C@H](C)O[Si](C)(C)C(C)(C)C. The Labute approximate surface area is 124 Å². The highest BCUT2D eigenvalue weighted by Gasteiger charge is 2.39. The van der Waals surface area contributed by atoms with E-state index in [-0.39, 0.29) is 17.1 Å². The lowest BCUT2D eigenvalue weighted by Gasteiger charge is -2.39. The molecule has 4 nitrogen and oxygen atoms in total. The van der Waals surface area contributed by atoms with E-state index in [0.29, 0.717) is 6.42 Å². The molecule has 0 fully saturated rings. The summed E-state index contributed by atoms with van der Waals surface area (Å²) < 4.78 is 6.22. The zero-order chi connectivity index (χ0) is 16.3. The molecule has 0 aromatic carbocycles. The molecule has 0 aliphatic rings. The summed E-state index contributed by atoms with van der Waals surface area (Å²) in [4.78, 5) is 11.1. The quantitative estimate of drug-likeness (QED) is 0.710. The van der Waals surface area contributed by atoms with Crippen LogP contribution in [0, 0.1) is 5.92 Å². The van der Waals surface area contributed by atoms with Crippen molar-refractivity contribution in [1.29, 1.82) is 0 Å². The summed E-state index contributed by atoms with van der Waals surface area (Å²) in [5.74, 6) is -0.587. The van der Waals surface area contributed by atoms with Gasteiger partial charge in [0.25, 0.3) is 0 Å². The Kier molecular flexibility index (Phi) is 7.08. The van der Waals surface area contributed by atoms with Crippen molar-refractivity contribution < 1.29 is 19.4 Å². The third-order valence-electron chi connectivity index (χ3n) is 4.33. The molecule has 0 aliphatic heterocycles. The number of rotatable bonds is 7. The van der Waals surface area contributed by atoms with Gasteiger partial charge < -0.3 is 14.6 Å². The molecular weight excluding hydrogens is 272 g/mol. The molecule has 0 saturated heterocycles. The van der Waals surface area contributed by atoms with E-state index in [1.807, 2.05) is 13.8 Å². The molecule has 0 amide bonds. The van der Waals surface area contributed by atoms with Crippen LogP contribution in [0.15, 0.2) is 0 Å². The Hall–Kier alpha value is -0.233. The summed E-state index contributed by atoms with van der Waals surface area (Å²) >= 11 is 0. The molecule has 0 bridgehead atoms. The first-order valence-electron chi connectivity index (χ1n) is 7.34. The molecule has 20 heavy (non-hydrogen) atoms. The molecule has 0 aromatic heterocycles. The Morgan fingerprint density at radius 3 is 2.00 bits per heavy atom. The predicted octanol–water partition coefficient (Wildman–Crippen LogP) is 2.73. The summed E-state index contributed by atoms with van der Waals surface area (Å²) in [6.45, 7) is 16.0. The highest BCUT2D eigenvalue weighted by atomic mass is 28.4. The summed E-state index contributed by atoms with van der Waals surface area (Å²) in [5.41, 5.74) is 0. The molecule has 4 atom stereocenters. The third kappa shape index (κ3) is 5.64. The molecule has 0 heterocycles. The molecular formula is C15H32O4Si. The Balaban J connectivity index is 4.55. The van der Waals surface area contributed by atoms with Gasteiger partial charge in [0, 0.05) is 6.10 Å². The normalized spacial score (nSPS) is 19.3. The Morgan fingerprint density at radius 1 is 1.20 bits per heavy atom. The number of Topliss-reactive ketones (excluding diaryl/α,β-unsaturated/α-hetero) is 1. The molecule has 0 spiro atoms. The molecule has 0 radical (unpaired) electrons. The standard InChI is InChI=1S/C15H32O4Si/c1-10(13(17)14(18)12(3)16)9-11(2)19-20(7,8)15(4,5)6/h10-11,13-14,17-18H,9H2,1-8H3/t10-,11+,13+,14+/m1/s1. The van der Waals surface area contributed by atoms with Gasteiger partial charge in [-0.05, 0) is 44.3 Å². The molecule has 2 N–H and O–H groups in total. The number of carbonyl (C=O) groups is 1. The lowest BCUT2D eigenvalue weighted by atomic mass is 9.93. The predicted molar refractivity (Wildman–Crippen MR) is 84.2 cm³/mol. The topological polar surface area (TPSA) is 66.8 Å². The van der Waals surface area contributed by atoms with Crippen molar-refractivity contribution in [2.75, 3.05) is 0 Å². The van der Waals surface area contributed by atoms with Crippen LogP contribution < -0.4 is 0 Å². The van der Waals surface area contributed by atoms with Crippen LogP contribution >= 0.6 is 0 Å². The number of hydrogen-bond donors (Lipinski definition) is 2. The lowest BCUT2D eigenvalue weighted by molar-refractivity contribution is -0.133. The van der Waals surface area contributed by atoms with Gasteiger partial charge in [0.2, 0.25) is 0 Å². The summed E-state index contributed by atoms with van der Waals surface area (Å²) in [6, 6.07) is 0. The average molecular weight is 305 g/mol. The van der Waals surface area contributed by atoms with Gasteiger partial charge in [0.05, 0.1) is 6.10 Å². The molecule has 0 aliphatic carbocycles. The Morgan fingerprint density at radius 2 is 1.65 bits per heavy atom. The molecule has 0 rings (SSSR count). The van der Waals surface area contributed by atoms with Crippen LogP contribution in [0.5, 0.6) is 0 Å². The number of hydrogen-bond acceptors (Lipinski definition) is 4. The average Bonchev–Trinajstić information content (AvgIpc) is 2.24. The first-order chi connectivity index (χ1) is 8.79. The van der Waals surface area contributed by atoms with Gasteiger partial charge in [0.15, 0.2) is 14.1 Å². The van der Waals surface area contributed by atoms with Crippen molar-refractivity contribution in [1.82, 2.24) is 0 Å². The van der Waals surface area contributed by atoms with Gasteiger partial charge in [-0.1, -0.05) is 27.7 Å². The van der Waals surface area contributed by atoms with Crippen LogP contribution in [0.3, 0.4) is 0 Å². The number of aliphatic hydroxyl groups excluding tert-OH is 2. The summed E-state index contributed by atoms with van der Waals surface area (Å²) in [5, 5.41) is 19.7. The van der Waals surface area contributed by atoms with Crippen molar-refractivity contribution >= 4 is 14.1 Å². The maximum absolute atomic E-state index is 11.1. The smallest absolute Gasteiger partial charge is 0.192 e. The van der Waals surface area contributed by atoms with Crippen LogP contribution in [-0.4, -0.2) is 42.6 Å². The number of ketones is 1. The highest BCUT2D eigenvalue weighted by Crippen LogP contribution is 2.38. The summed E-state index contributed by atoms with van der Waals surface area (Å²) in [7, 11) is -1.83. The van der Waals surface area contributed by atoms with Gasteiger partial charge in [-0.3, -0.25) is 4.79 Å². The van der Waals surface area contributed by atoms with Crippen LogP contribution in [0.4, 0.5) is 0 Å². The van der Waals surface area contributed by atoms with E-state index in [9.17, 15) is 15.0 Å². The van der Waals surface area contributed by atoms with E-state index in [1.54, 1.807) is 0 Å². The monoisotopic (exact) mass is 304 g/mol. The van der Waals surface area contributed by atoms with E-state index < -0.39 is 26.3 Å². The maximum Gasteiger partial charge on any atom is 0.192 e. The molecule has 120 valence electrons. The van der Waals surface area contributed by atoms with Crippen molar-refractivity contribution in [3.05, 3.63) is 0 Å². The number of aliphatic hydroxyl groups is 2. The van der Waals surface area contributed by atoms with Gasteiger partial charge in [-0.15, -0.1) is 0 Å². The van der Waals surface area contributed by atoms with E-state index in [2.05, 4.69) is 33.9 Å². The molecule has 0 saturated carbocycles. The maximum atomic E-state index is 11.1. The molecule has 0 aromatic rings. The fraction of sp³-hybridized carbons (Fsp3) is 0.933. The van der Waals surface area contributed by atoms with E-state index in [0.717, 1.165) is 0 Å². The van der Waals surface area contributed by atoms with Crippen molar-refractivity contribution in [2.24, 2.45) is 5.92 Å². The van der Waals surface area contributed by atoms with E-state index in [4.69, 9.17) is 4.43 Å². The van der Waals surface area contributed by atoms with Crippen molar-refractivity contribution in [2.45, 2.75) is 84.4 Å². The Bertz CT molecular complexity index is 322. The van der Waals surface area contributed by atoms with Crippen LogP contribution in [-0.2, 0) is 9.22 Å². The van der Waals surface area contributed by atoms with E-state index in [1.165, 1.54) is 6.92 Å². The zero-order valence-electron chi connectivity index (χ0n) is 14.2. The fourth-order valence-corrected chi connectivity index (χ4v) is 3.40. The lowest BCUT2D eigenvalue weighted by Crippen LogP contribution is -2.44.